The highest BCUT2D eigenvalue weighted by atomic mass is 19.1. The molecule has 102 valence electrons. The fourth-order valence-corrected chi connectivity index (χ4v) is 1.81. The molecule has 0 heterocycles. The van der Waals surface area contributed by atoms with Crippen LogP contribution in [0.3, 0.4) is 0 Å². The van der Waals surface area contributed by atoms with Crippen molar-refractivity contribution in [2.75, 3.05) is 0 Å². The van der Waals surface area contributed by atoms with Crippen molar-refractivity contribution in [2.24, 2.45) is 0 Å². The van der Waals surface area contributed by atoms with Crippen molar-refractivity contribution in [1.82, 2.24) is 0 Å². The fourth-order valence-electron chi connectivity index (χ4n) is 1.81. The van der Waals surface area contributed by atoms with E-state index in [0.29, 0.717) is 0 Å². The lowest BCUT2D eigenvalue weighted by molar-refractivity contribution is -0.385. The monoisotopic (exact) mass is 275 g/mol. The maximum Gasteiger partial charge on any atom is 0.276 e. The lowest BCUT2D eigenvalue weighted by atomic mass is 10.00. The molecule has 20 heavy (non-hydrogen) atoms. The first kappa shape index (κ1) is 13.7. The number of phenols is 1. The number of rotatable bonds is 3. The second kappa shape index (κ2) is 5.08. The Morgan fingerprint density at radius 1 is 1.30 bits per heavy atom. The van der Waals surface area contributed by atoms with Gasteiger partial charge in [0.2, 0.25) is 0 Å². The van der Waals surface area contributed by atoms with Crippen molar-refractivity contribution >= 4 is 11.5 Å². The minimum Gasteiger partial charge on any atom is -0.507 e. The Labute approximate surface area is 113 Å². The summed E-state index contributed by atoms with van der Waals surface area (Å²) in [6.45, 7) is 1.37. The van der Waals surface area contributed by atoms with Gasteiger partial charge in [0.05, 0.1) is 16.1 Å². The number of carbonyl (C=O) groups is 1. The molecule has 0 atom stereocenters. The number of hydrogen-bond donors (Lipinski definition) is 1. The van der Waals surface area contributed by atoms with Crippen LogP contribution in [-0.2, 0) is 0 Å². The third-order valence-corrected chi connectivity index (χ3v) is 2.93. The van der Waals surface area contributed by atoms with E-state index in [-0.39, 0.29) is 28.1 Å². The van der Waals surface area contributed by atoms with E-state index in [4.69, 9.17) is 0 Å². The average Bonchev–Trinajstić information content (AvgIpc) is 2.41. The number of aromatic hydroxyl groups is 1. The molecule has 2 rings (SSSR count). The summed E-state index contributed by atoms with van der Waals surface area (Å²) >= 11 is 0. The molecule has 2 aromatic carbocycles. The van der Waals surface area contributed by atoms with Crippen LogP contribution in [0.5, 0.6) is 5.75 Å². The van der Waals surface area contributed by atoms with Gasteiger partial charge in [0.25, 0.3) is 5.69 Å². The van der Waals surface area contributed by atoms with Crippen molar-refractivity contribution in [1.29, 1.82) is 0 Å². The van der Waals surface area contributed by atoms with Crippen molar-refractivity contribution < 1.29 is 19.2 Å². The van der Waals surface area contributed by atoms with E-state index < -0.39 is 16.5 Å². The van der Waals surface area contributed by atoms with Crippen LogP contribution < -0.4 is 0 Å². The summed E-state index contributed by atoms with van der Waals surface area (Å²) in [5.41, 5.74) is -0.667. The molecular formula is C14H10FNO4. The number of nitrogens with zero attached hydrogens (tertiary/aromatic N) is 1. The third kappa shape index (κ3) is 2.35. The molecule has 1 N–H and O–H groups in total. The van der Waals surface area contributed by atoms with E-state index in [1.54, 1.807) is 0 Å². The molecular weight excluding hydrogens is 265 g/mol. The number of nitro benzene ring substituents is 1. The summed E-state index contributed by atoms with van der Waals surface area (Å²) < 4.78 is 13.5. The van der Waals surface area contributed by atoms with Crippen molar-refractivity contribution in [3.8, 4) is 5.75 Å². The van der Waals surface area contributed by atoms with Crippen LogP contribution >= 0.6 is 0 Å². The molecule has 0 spiro atoms. The van der Waals surface area contributed by atoms with E-state index in [1.165, 1.54) is 25.1 Å². The van der Waals surface area contributed by atoms with Gasteiger partial charge in [-0.15, -0.1) is 0 Å². The molecule has 0 saturated carbocycles. The van der Waals surface area contributed by atoms with Crippen molar-refractivity contribution in [3.05, 3.63) is 69.0 Å². The maximum absolute atomic E-state index is 13.5. The zero-order valence-corrected chi connectivity index (χ0v) is 10.5. The maximum atomic E-state index is 13.5. The Balaban J connectivity index is 2.57. The number of carbonyl (C=O) groups excluding carboxylic acids is 1. The summed E-state index contributed by atoms with van der Waals surface area (Å²) in [5.74, 6) is -1.82. The van der Waals surface area contributed by atoms with Crippen LogP contribution in [-0.4, -0.2) is 15.8 Å². The van der Waals surface area contributed by atoms with Crippen LogP contribution in [0.15, 0.2) is 36.4 Å². The van der Waals surface area contributed by atoms with E-state index in [2.05, 4.69) is 0 Å². The Morgan fingerprint density at radius 3 is 2.55 bits per heavy atom. The minimum atomic E-state index is -0.722. The van der Waals surface area contributed by atoms with E-state index in [1.807, 2.05) is 0 Å². The van der Waals surface area contributed by atoms with Gasteiger partial charge in [0.15, 0.2) is 5.78 Å². The Bertz CT molecular complexity index is 712. The number of halogens is 1. The minimum absolute atomic E-state index is 0.0556. The Morgan fingerprint density at radius 2 is 1.95 bits per heavy atom. The molecule has 0 aliphatic heterocycles. The molecule has 0 saturated heterocycles. The molecule has 0 fully saturated rings. The van der Waals surface area contributed by atoms with Crippen LogP contribution in [0.2, 0.25) is 0 Å². The molecule has 0 aromatic heterocycles. The second-order valence-electron chi connectivity index (χ2n) is 4.21. The lowest BCUT2D eigenvalue weighted by Gasteiger charge is -2.06. The summed E-state index contributed by atoms with van der Waals surface area (Å²) in [6.07, 6.45) is 0. The average molecular weight is 275 g/mol. The first-order valence-electron chi connectivity index (χ1n) is 5.69. The third-order valence-electron chi connectivity index (χ3n) is 2.93. The molecule has 0 unspecified atom stereocenters. The summed E-state index contributed by atoms with van der Waals surface area (Å²) in [4.78, 5) is 22.3. The van der Waals surface area contributed by atoms with Crippen LogP contribution in [0.1, 0.15) is 21.5 Å². The predicted octanol–water partition coefficient (Wildman–Crippen LogP) is 2.98. The van der Waals surface area contributed by atoms with Gasteiger partial charge in [0, 0.05) is 11.6 Å². The number of phenolic OH excluding ortho intramolecular Hbond substituents is 1. The molecule has 0 radical (unpaired) electrons. The molecule has 6 heteroatoms. The number of benzene rings is 2. The largest absolute Gasteiger partial charge is 0.507 e. The number of hydrogen-bond acceptors (Lipinski definition) is 4. The normalized spacial score (nSPS) is 10.3. The highest BCUT2D eigenvalue weighted by Crippen LogP contribution is 2.29. The number of nitro groups is 1. The van der Waals surface area contributed by atoms with Gasteiger partial charge in [-0.05, 0) is 25.1 Å². The van der Waals surface area contributed by atoms with Gasteiger partial charge in [-0.3, -0.25) is 14.9 Å². The van der Waals surface area contributed by atoms with E-state index in [0.717, 1.165) is 18.2 Å². The number of ketones is 1. The van der Waals surface area contributed by atoms with Gasteiger partial charge >= 0.3 is 0 Å². The summed E-state index contributed by atoms with van der Waals surface area (Å²) in [5, 5.41) is 20.5. The van der Waals surface area contributed by atoms with Crippen molar-refractivity contribution in [3.63, 3.8) is 0 Å². The Hall–Kier alpha value is -2.76. The standard InChI is InChI=1S/C14H10FNO4/c1-8-12(16(19)20)6-9(7-13(8)17)14(18)10-4-2-3-5-11(10)15/h2-7,17H,1H3. The van der Waals surface area contributed by atoms with E-state index in [9.17, 15) is 24.4 Å². The van der Waals surface area contributed by atoms with Crippen LogP contribution in [0, 0.1) is 22.9 Å². The SMILES string of the molecule is Cc1c(O)cc(C(=O)c2ccccc2F)cc1[N+](=O)[O-]. The predicted molar refractivity (Wildman–Crippen MR) is 69.3 cm³/mol. The van der Waals surface area contributed by atoms with Crippen LogP contribution in [0.25, 0.3) is 0 Å². The van der Waals surface area contributed by atoms with Gasteiger partial charge in [-0.25, -0.2) is 4.39 Å². The second-order valence-corrected chi connectivity index (χ2v) is 4.21. The molecule has 0 aliphatic carbocycles. The van der Waals surface area contributed by atoms with Crippen LogP contribution in [0.4, 0.5) is 10.1 Å². The van der Waals surface area contributed by atoms with Gasteiger partial charge in [-0.2, -0.15) is 0 Å². The Kier molecular flexibility index (Phi) is 3.47. The summed E-state index contributed by atoms with van der Waals surface area (Å²) in [6, 6.07) is 7.44. The van der Waals surface area contributed by atoms with Gasteiger partial charge in [-0.1, -0.05) is 12.1 Å². The topological polar surface area (TPSA) is 80.4 Å². The molecule has 2 aromatic rings. The highest BCUT2D eigenvalue weighted by Gasteiger charge is 2.21. The first-order valence-corrected chi connectivity index (χ1v) is 5.69. The molecule has 5 nitrogen and oxygen atoms in total. The highest BCUT2D eigenvalue weighted by molar-refractivity contribution is 6.09. The quantitative estimate of drug-likeness (QED) is 0.530. The molecule has 0 aliphatic rings. The molecule has 0 bridgehead atoms. The van der Waals surface area contributed by atoms with E-state index >= 15 is 0 Å². The molecule has 0 amide bonds. The lowest BCUT2D eigenvalue weighted by Crippen LogP contribution is -2.05. The van der Waals surface area contributed by atoms with Gasteiger partial charge in [0.1, 0.15) is 11.6 Å². The first-order chi connectivity index (χ1) is 9.41. The summed E-state index contributed by atoms with van der Waals surface area (Å²) in [7, 11) is 0. The zero-order valence-electron chi connectivity index (χ0n) is 10.5. The smallest absolute Gasteiger partial charge is 0.276 e. The zero-order chi connectivity index (χ0) is 14.9. The van der Waals surface area contributed by atoms with Crippen molar-refractivity contribution in [2.45, 2.75) is 6.92 Å². The van der Waals surface area contributed by atoms with Gasteiger partial charge < -0.3 is 5.11 Å². The fraction of sp³-hybridized carbons (Fsp3) is 0.0714.